The summed E-state index contributed by atoms with van der Waals surface area (Å²) < 4.78 is 0. The minimum absolute atomic E-state index is 0.0434. The first kappa shape index (κ1) is 17.8. The highest BCUT2D eigenvalue weighted by atomic mass is 16.3. The molecule has 4 aliphatic rings. The van der Waals surface area contributed by atoms with Crippen LogP contribution in [0.25, 0.3) is 0 Å². The van der Waals surface area contributed by atoms with E-state index < -0.39 is 23.2 Å². The van der Waals surface area contributed by atoms with Gasteiger partial charge in [-0.3, -0.25) is 0 Å². The van der Waals surface area contributed by atoms with Gasteiger partial charge in [-0.15, -0.1) is 6.42 Å². The standard InChI is InChI=1S/C21H32O4/c1-4-21(25)17(24)11-15-18-14(6-8-20(15,21)3)19(2)7-5-13(22)9-12(19)10-16(18)23/h1,12-18,22-25H,5-11H2,2-3H3/t12-,13-,14?,15?,16+,17+,18?,19-,20-,21+/m0/s1. The van der Waals surface area contributed by atoms with E-state index in [0.29, 0.717) is 24.7 Å². The Bertz CT molecular complexity index is 599. The molecule has 4 heteroatoms. The maximum absolute atomic E-state index is 11.0. The fourth-order valence-corrected chi connectivity index (χ4v) is 7.49. The first-order chi connectivity index (χ1) is 11.7. The number of fused-ring (bicyclic) bond motifs is 5. The highest BCUT2D eigenvalue weighted by Gasteiger charge is 2.68. The summed E-state index contributed by atoms with van der Waals surface area (Å²) in [6.07, 6.45) is 9.57. The summed E-state index contributed by atoms with van der Waals surface area (Å²) in [4.78, 5) is 0. The van der Waals surface area contributed by atoms with Gasteiger partial charge in [-0.1, -0.05) is 19.8 Å². The number of hydrogen-bond acceptors (Lipinski definition) is 4. The molecule has 4 saturated carbocycles. The summed E-state index contributed by atoms with van der Waals surface area (Å²) >= 11 is 0. The SMILES string of the molecule is C#C[C@@]1(O)[C@H](O)CC2C3C(CC[C@@]21C)[C@@]1(C)CC[C@H](O)C[C@H]1C[C@H]3O. The van der Waals surface area contributed by atoms with Crippen molar-refractivity contribution < 1.29 is 20.4 Å². The summed E-state index contributed by atoms with van der Waals surface area (Å²) in [7, 11) is 0. The van der Waals surface area contributed by atoms with Crippen LogP contribution >= 0.6 is 0 Å². The molecule has 4 N–H and O–H groups in total. The average molecular weight is 348 g/mol. The van der Waals surface area contributed by atoms with Crippen LogP contribution in [0, 0.1) is 46.8 Å². The van der Waals surface area contributed by atoms with Crippen LogP contribution < -0.4 is 0 Å². The second-order valence-electron chi connectivity index (χ2n) is 9.84. The average Bonchev–Trinajstić information content (AvgIpc) is 2.77. The van der Waals surface area contributed by atoms with Crippen molar-refractivity contribution >= 4 is 0 Å². The van der Waals surface area contributed by atoms with Gasteiger partial charge in [0, 0.05) is 5.41 Å². The summed E-state index contributed by atoms with van der Waals surface area (Å²) in [5.74, 6) is 3.35. The lowest BCUT2D eigenvalue weighted by molar-refractivity contribution is -0.186. The van der Waals surface area contributed by atoms with Gasteiger partial charge >= 0.3 is 0 Å². The van der Waals surface area contributed by atoms with Crippen LogP contribution in [0.15, 0.2) is 0 Å². The molecular formula is C21H32O4. The minimum Gasteiger partial charge on any atom is -0.393 e. The number of rotatable bonds is 0. The fraction of sp³-hybridized carbons (Fsp3) is 0.905. The molecule has 4 fully saturated rings. The molecule has 4 aliphatic carbocycles. The molecule has 25 heavy (non-hydrogen) atoms. The monoisotopic (exact) mass is 348 g/mol. The highest BCUT2D eigenvalue weighted by Crippen LogP contribution is 2.68. The van der Waals surface area contributed by atoms with E-state index in [2.05, 4.69) is 12.8 Å². The molecule has 0 aromatic rings. The van der Waals surface area contributed by atoms with E-state index in [4.69, 9.17) is 6.42 Å². The molecule has 140 valence electrons. The number of aliphatic hydroxyl groups excluding tert-OH is 3. The van der Waals surface area contributed by atoms with Gasteiger partial charge in [0.2, 0.25) is 0 Å². The van der Waals surface area contributed by atoms with Crippen LogP contribution in [-0.4, -0.2) is 44.3 Å². The Balaban J connectivity index is 1.72. The Morgan fingerprint density at radius 2 is 1.68 bits per heavy atom. The first-order valence-electron chi connectivity index (χ1n) is 9.91. The predicted molar refractivity (Wildman–Crippen MR) is 94.3 cm³/mol. The summed E-state index contributed by atoms with van der Waals surface area (Å²) in [6, 6.07) is 0. The zero-order chi connectivity index (χ0) is 18.2. The van der Waals surface area contributed by atoms with Gasteiger partial charge in [0.1, 0.15) is 0 Å². The maximum atomic E-state index is 11.0. The molecule has 4 rings (SSSR count). The predicted octanol–water partition coefficient (Wildman–Crippen LogP) is 1.70. The van der Waals surface area contributed by atoms with Crippen molar-refractivity contribution in [1.82, 2.24) is 0 Å². The molecule has 0 aromatic carbocycles. The lowest BCUT2D eigenvalue weighted by Gasteiger charge is -2.62. The maximum Gasteiger partial charge on any atom is 0.156 e. The van der Waals surface area contributed by atoms with Gasteiger partial charge < -0.3 is 20.4 Å². The first-order valence-corrected chi connectivity index (χ1v) is 9.91. The molecule has 0 aromatic heterocycles. The molecule has 0 aliphatic heterocycles. The summed E-state index contributed by atoms with van der Waals surface area (Å²) in [5.41, 5.74) is -1.91. The Morgan fingerprint density at radius 3 is 2.36 bits per heavy atom. The van der Waals surface area contributed by atoms with Gasteiger partial charge in [-0.05, 0) is 74.0 Å². The van der Waals surface area contributed by atoms with Crippen molar-refractivity contribution in [1.29, 1.82) is 0 Å². The second-order valence-corrected chi connectivity index (χ2v) is 9.84. The zero-order valence-corrected chi connectivity index (χ0v) is 15.4. The van der Waals surface area contributed by atoms with Crippen molar-refractivity contribution in [3.8, 4) is 12.3 Å². The topological polar surface area (TPSA) is 80.9 Å². The quantitative estimate of drug-likeness (QED) is 0.502. The van der Waals surface area contributed by atoms with Crippen molar-refractivity contribution in [2.45, 2.75) is 82.7 Å². The second kappa shape index (κ2) is 5.45. The Labute approximate surface area is 150 Å². The molecule has 0 saturated heterocycles. The summed E-state index contributed by atoms with van der Waals surface area (Å²) in [6.45, 7) is 4.35. The van der Waals surface area contributed by atoms with Crippen LogP contribution in [0.5, 0.6) is 0 Å². The van der Waals surface area contributed by atoms with Gasteiger partial charge in [0.15, 0.2) is 5.60 Å². The van der Waals surface area contributed by atoms with E-state index in [1.165, 1.54) is 0 Å². The van der Waals surface area contributed by atoms with Crippen LogP contribution in [0.2, 0.25) is 0 Å². The van der Waals surface area contributed by atoms with E-state index in [-0.39, 0.29) is 23.4 Å². The van der Waals surface area contributed by atoms with E-state index in [0.717, 1.165) is 32.1 Å². The molecule has 4 nitrogen and oxygen atoms in total. The van der Waals surface area contributed by atoms with Gasteiger partial charge in [0.25, 0.3) is 0 Å². The van der Waals surface area contributed by atoms with Crippen LogP contribution in [0.4, 0.5) is 0 Å². The molecule has 0 radical (unpaired) electrons. The molecule has 0 amide bonds. The van der Waals surface area contributed by atoms with Gasteiger partial charge in [-0.25, -0.2) is 0 Å². The molecule has 0 heterocycles. The fourth-order valence-electron chi connectivity index (χ4n) is 7.49. The van der Waals surface area contributed by atoms with Crippen molar-refractivity contribution in [2.75, 3.05) is 0 Å². The van der Waals surface area contributed by atoms with E-state index >= 15 is 0 Å². The Hall–Kier alpha value is -0.600. The molecule has 0 spiro atoms. The molecular weight excluding hydrogens is 316 g/mol. The minimum atomic E-state index is -1.50. The molecule has 3 unspecified atom stereocenters. The van der Waals surface area contributed by atoms with Crippen molar-refractivity contribution in [2.24, 2.45) is 34.5 Å². The van der Waals surface area contributed by atoms with Crippen molar-refractivity contribution in [3.05, 3.63) is 0 Å². The van der Waals surface area contributed by atoms with Crippen LogP contribution in [0.1, 0.15) is 58.8 Å². The third kappa shape index (κ3) is 2.10. The number of terminal acetylenes is 1. The lowest BCUT2D eigenvalue weighted by Crippen LogP contribution is -2.60. The smallest absolute Gasteiger partial charge is 0.156 e. The Kier molecular flexibility index (Phi) is 3.88. The van der Waals surface area contributed by atoms with Crippen molar-refractivity contribution in [3.63, 3.8) is 0 Å². The summed E-state index contributed by atoms with van der Waals surface area (Å²) in [5, 5.41) is 42.7. The van der Waals surface area contributed by atoms with Gasteiger partial charge in [0.05, 0.1) is 18.3 Å². The highest BCUT2D eigenvalue weighted by molar-refractivity contribution is 5.27. The van der Waals surface area contributed by atoms with Gasteiger partial charge in [-0.2, -0.15) is 0 Å². The largest absolute Gasteiger partial charge is 0.393 e. The number of hydrogen-bond donors (Lipinski definition) is 4. The molecule has 10 atom stereocenters. The normalized spacial score (nSPS) is 60.9. The lowest BCUT2D eigenvalue weighted by atomic mass is 9.43. The third-order valence-corrected chi connectivity index (χ3v) is 9.10. The number of aliphatic hydroxyl groups is 4. The zero-order valence-electron chi connectivity index (χ0n) is 15.4. The molecule has 0 bridgehead atoms. The van der Waals surface area contributed by atoms with Crippen LogP contribution in [0.3, 0.4) is 0 Å². The van der Waals surface area contributed by atoms with E-state index in [9.17, 15) is 20.4 Å². The van der Waals surface area contributed by atoms with E-state index in [1.807, 2.05) is 6.92 Å². The third-order valence-electron chi connectivity index (χ3n) is 9.10. The van der Waals surface area contributed by atoms with Crippen LogP contribution in [-0.2, 0) is 0 Å². The Morgan fingerprint density at radius 1 is 0.960 bits per heavy atom. The van der Waals surface area contributed by atoms with E-state index in [1.54, 1.807) is 0 Å².